The molecular formula is C18H27N3O3. The molecule has 2 rings (SSSR count). The average molecular weight is 333 g/mol. The number of rotatable bonds is 7. The standard InChI is InChI=1S/C18H27N3O3/c1-20(2)18(23)15-9-6-12-21(15)13-7-11-19-17(22)14-8-4-5-10-16(14)24-3/h4-5,8,10,15H,6-7,9,11-13H2,1-3H3,(H,19,22)/t15-/m0/s1. The second kappa shape index (κ2) is 8.68. The Morgan fingerprint density at radius 3 is 2.79 bits per heavy atom. The number of likely N-dealkylation sites (N-methyl/N-ethyl adjacent to an activating group) is 1. The fraction of sp³-hybridized carbons (Fsp3) is 0.556. The number of carbonyl (C=O) groups excluding carboxylic acids is 2. The molecule has 0 aliphatic carbocycles. The van der Waals surface area contributed by atoms with Gasteiger partial charge in [-0.1, -0.05) is 12.1 Å². The molecule has 1 atom stereocenters. The zero-order chi connectivity index (χ0) is 17.5. The Morgan fingerprint density at radius 1 is 1.33 bits per heavy atom. The maximum absolute atomic E-state index is 12.2. The summed E-state index contributed by atoms with van der Waals surface area (Å²) in [4.78, 5) is 28.2. The van der Waals surface area contributed by atoms with Crippen molar-refractivity contribution in [2.75, 3.05) is 40.8 Å². The third kappa shape index (κ3) is 4.47. The van der Waals surface area contributed by atoms with E-state index in [4.69, 9.17) is 4.74 Å². The average Bonchev–Trinajstić information content (AvgIpc) is 3.06. The molecule has 1 fully saturated rings. The minimum absolute atomic E-state index is 0.00933. The zero-order valence-corrected chi connectivity index (χ0v) is 14.7. The fourth-order valence-corrected chi connectivity index (χ4v) is 3.08. The van der Waals surface area contributed by atoms with E-state index in [9.17, 15) is 9.59 Å². The Kier molecular flexibility index (Phi) is 6.61. The smallest absolute Gasteiger partial charge is 0.255 e. The number of nitrogens with zero attached hydrogens (tertiary/aromatic N) is 2. The normalized spacial score (nSPS) is 17.5. The second-order valence-corrected chi connectivity index (χ2v) is 6.24. The van der Waals surface area contributed by atoms with E-state index >= 15 is 0 Å². The second-order valence-electron chi connectivity index (χ2n) is 6.24. The Hall–Kier alpha value is -2.08. The molecule has 6 heteroatoms. The van der Waals surface area contributed by atoms with Gasteiger partial charge in [0.05, 0.1) is 18.7 Å². The Morgan fingerprint density at radius 2 is 2.08 bits per heavy atom. The van der Waals surface area contributed by atoms with Gasteiger partial charge in [-0.05, 0) is 37.9 Å². The molecule has 1 aromatic carbocycles. The summed E-state index contributed by atoms with van der Waals surface area (Å²) in [5.41, 5.74) is 0.543. The Labute approximate surface area is 143 Å². The molecule has 0 radical (unpaired) electrons. The predicted molar refractivity (Wildman–Crippen MR) is 93.2 cm³/mol. The van der Waals surface area contributed by atoms with Gasteiger partial charge in [0.15, 0.2) is 0 Å². The van der Waals surface area contributed by atoms with E-state index in [2.05, 4.69) is 10.2 Å². The lowest BCUT2D eigenvalue weighted by molar-refractivity contribution is -0.133. The van der Waals surface area contributed by atoms with E-state index in [-0.39, 0.29) is 17.9 Å². The quantitative estimate of drug-likeness (QED) is 0.766. The molecule has 1 aromatic rings. The summed E-state index contributed by atoms with van der Waals surface area (Å²) >= 11 is 0. The highest BCUT2D eigenvalue weighted by atomic mass is 16.5. The number of methoxy groups -OCH3 is 1. The van der Waals surface area contributed by atoms with Crippen LogP contribution in [0.3, 0.4) is 0 Å². The van der Waals surface area contributed by atoms with Crippen LogP contribution < -0.4 is 10.1 Å². The SMILES string of the molecule is COc1ccccc1C(=O)NCCCN1CCC[C@H]1C(=O)N(C)C. The first-order chi connectivity index (χ1) is 11.5. The molecule has 0 saturated carbocycles. The maximum atomic E-state index is 12.2. The van der Waals surface area contributed by atoms with Crippen LogP contribution in [0.2, 0.25) is 0 Å². The number of hydrogen-bond donors (Lipinski definition) is 1. The minimum Gasteiger partial charge on any atom is -0.496 e. The van der Waals surface area contributed by atoms with Crippen LogP contribution >= 0.6 is 0 Å². The van der Waals surface area contributed by atoms with Gasteiger partial charge in [-0.3, -0.25) is 14.5 Å². The van der Waals surface area contributed by atoms with Crippen molar-refractivity contribution in [2.24, 2.45) is 0 Å². The molecule has 0 unspecified atom stereocenters. The molecule has 0 aromatic heterocycles. The topological polar surface area (TPSA) is 61.9 Å². The number of para-hydroxylation sites is 1. The third-order valence-electron chi connectivity index (χ3n) is 4.35. The summed E-state index contributed by atoms with van der Waals surface area (Å²) in [5.74, 6) is 0.617. The Bertz CT molecular complexity index is 574. The van der Waals surface area contributed by atoms with Crippen molar-refractivity contribution in [1.82, 2.24) is 15.1 Å². The molecule has 132 valence electrons. The van der Waals surface area contributed by atoms with Crippen molar-refractivity contribution >= 4 is 11.8 Å². The van der Waals surface area contributed by atoms with Gasteiger partial charge < -0.3 is 15.0 Å². The summed E-state index contributed by atoms with van der Waals surface area (Å²) < 4.78 is 5.21. The lowest BCUT2D eigenvalue weighted by Crippen LogP contribution is -2.43. The molecule has 0 spiro atoms. The van der Waals surface area contributed by atoms with E-state index in [0.717, 1.165) is 32.4 Å². The first kappa shape index (κ1) is 18.3. The third-order valence-corrected chi connectivity index (χ3v) is 4.35. The number of likely N-dealkylation sites (tertiary alicyclic amines) is 1. The maximum Gasteiger partial charge on any atom is 0.255 e. The number of nitrogens with one attached hydrogen (secondary N) is 1. The van der Waals surface area contributed by atoms with E-state index in [1.807, 2.05) is 12.1 Å². The molecule has 1 aliphatic rings. The van der Waals surface area contributed by atoms with Crippen molar-refractivity contribution in [3.63, 3.8) is 0 Å². The summed E-state index contributed by atoms with van der Waals surface area (Å²) in [6, 6.07) is 7.17. The van der Waals surface area contributed by atoms with Crippen LogP contribution in [-0.2, 0) is 4.79 Å². The highest BCUT2D eigenvalue weighted by Crippen LogP contribution is 2.19. The molecule has 0 bridgehead atoms. The summed E-state index contributed by atoms with van der Waals surface area (Å²) in [7, 11) is 5.15. The number of ether oxygens (including phenoxy) is 1. The molecule has 1 saturated heterocycles. The van der Waals surface area contributed by atoms with Crippen LogP contribution in [0.15, 0.2) is 24.3 Å². The first-order valence-corrected chi connectivity index (χ1v) is 8.41. The van der Waals surface area contributed by atoms with Gasteiger partial charge in [-0.2, -0.15) is 0 Å². The highest BCUT2D eigenvalue weighted by Gasteiger charge is 2.30. The number of amides is 2. The van der Waals surface area contributed by atoms with Crippen molar-refractivity contribution < 1.29 is 14.3 Å². The van der Waals surface area contributed by atoms with Crippen LogP contribution in [-0.4, -0.2) is 68.5 Å². The van der Waals surface area contributed by atoms with Gasteiger partial charge in [0.2, 0.25) is 5.91 Å². The minimum atomic E-state index is -0.130. The molecule has 1 heterocycles. The van der Waals surface area contributed by atoms with Gasteiger partial charge in [0, 0.05) is 27.2 Å². The van der Waals surface area contributed by atoms with Crippen molar-refractivity contribution in [3.05, 3.63) is 29.8 Å². The van der Waals surface area contributed by atoms with Gasteiger partial charge in [-0.25, -0.2) is 0 Å². The van der Waals surface area contributed by atoms with Crippen LogP contribution in [0.4, 0.5) is 0 Å². The Balaban J connectivity index is 1.78. The van der Waals surface area contributed by atoms with E-state index in [0.29, 0.717) is 17.9 Å². The largest absolute Gasteiger partial charge is 0.496 e. The van der Waals surface area contributed by atoms with Crippen molar-refractivity contribution in [2.45, 2.75) is 25.3 Å². The van der Waals surface area contributed by atoms with E-state index < -0.39 is 0 Å². The number of benzene rings is 1. The van der Waals surface area contributed by atoms with E-state index in [1.165, 1.54) is 0 Å². The molecular weight excluding hydrogens is 306 g/mol. The molecule has 1 aliphatic heterocycles. The van der Waals surface area contributed by atoms with Crippen LogP contribution in [0.25, 0.3) is 0 Å². The lowest BCUT2D eigenvalue weighted by Gasteiger charge is -2.26. The van der Waals surface area contributed by atoms with Crippen LogP contribution in [0.5, 0.6) is 5.75 Å². The van der Waals surface area contributed by atoms with Crippen molar-refractivity contribution in [1.29, 1.82) is 0 Å². The predicted octanol–water partition coefficient (Wildman–Crippen LogP) is 1.37. The van der Waals surface area contributed by atoms with Crippen molar-refractivity contribution in [3.8, 4) is 5.75 Å². The number of hydrogen-bond acceptors (Lipinski definition) is 4. The highest BCUT2D eigenvalue weighted by molar-refractivity contribution is 5.96. The van der Waals surface area contributed by atoms with Gasteiger partial charge >= 0.3 is 0 Å². The van der Waals surface area contributed by atoms with E-state index in [1.54, 1.807) is 38.2 Å². The van der Waals surface area contributed by atoms with Crippen LogP contribution in [0, 0.1) is 0 Å². The summed E-state index contributed by atoms with van der Waals surface area (Å²) in [5, 5.41) is 2.92. The van der Waals surface area contributed by atoms with Gasteiger partial charge in [0.1, 0.15) is 5.75 Å². The first-order valence-electron chi connectivity index (χ1n) is 8.41. The fourth-order valence-electron chi connectivity index (χ4n) is 3.08. The molecule has 2 amide bonds. The van der Waals surface area contributed by atoms with Gasteiger partial charge in [-0.15, -0.1) is 0 Å². The summed E-state index contributed by atoms with van der Waals surface area (Å²) in [6.45, 7) is 2.34. The molecule has 24 heavy (non-hydrogen) atoms. The van der Waals surface area contributed by atoms with Gasteiger partial charge in [0.25, 0.3) is 5.91 Å². The number of carbonyl (C=O) groups is 2. The lowest BCUT2D eigenvalue weighted by atomic mass is 10.2. The summed E-state index contributed by atoms with van der Waals surface area (Å²) in [6.07, 6.45) is 2.79. The monoisotopic (exact) mass is 333 g/mol. The zero-order valence-electron chi connectivity index (χ0n) is 14.7. The molecule has 6 nitrogen and oxygen atoms in total. The van der Waals surface area contributed by atoms with Crippen LogP contribution in [0.1, 0.15) is 29.6 Å². The molecule has 1 N–H and O–H groups in total.